The van der Waals surface area contributed by atoms with Gasteiger partial charge in [-0.1, -0.05) is 47.5 Å². The molecule has 4 aromatic rings. The van der Waals surface area contributed by atoms with Gasteiger partial charge in [0.1, 0.15) is 5.75 Å². The van der Waals surface area contributed by atoms with Crippen molar-refractivity contribution in [2.45, 2.75) is 6.61 Å². The van der Waals surface area contributed by atoms with E-state index >= 15 is 0 Å². The first-order valence-electron chi connectivity index (χ1n) is 9.02. The number of hydrogen-bond donors (Lipinski definition) is 1. The molecule has 0 saturated heterocycles. The first-order valence-corrected chi connectivity index (χ1v) is 10.6. The Kier molecular flexibility index (Phi) is 8.35. The van der Waals surface area contributed by atoms with E-state index in [1.807, 2.05) is 42.5 Å². The molecular weight excluding hydrogens is 525 g/mol. The Morgan fingerprint density at radius 3 is 2.52 bits per heavy atom. The molecule has 9 heteroatoms. The van der Waals surface area contributed by atoms with Crippen molar-refractivity contribution < 1.29 is 9.47 Å². The first kappa shape index (κ1) is 23.6. The van der Waals surface area contributed by atoms with Gasteiger partial charge in [0.15, 0.2) is 6.79 Å². The van der Waals surface area contributed by atoms with Crippen molar-refractivity contribution in [2.24, 2.45) is 0 Å². The number of anilines is 2. The summed E-state index contributed by atoms with van der Waals surface area (Å²) in [7, 11) is 0. The summed E-state index contributed by atoms with van der Waals surface area (Å²) in [5, 5.41) is 5.33. The normalized spacial score (nSPS) is 10.5. The maximum Gasteiger partial charge on any atom is 0.227 e. The first-order chi connectivity index (χ1) is 14.6. The van der Waals surface area contributed by atoms with Crippen LogP contribution < -0.4 is 10.1 Å². The van der Waals surface area contributed by atoms with Crippen LogP contribution in [0.15, 0.2) is 71.3 Å². The quantitative estimate of drug-likeness (QED) is 0.195. The second-order valence-corrected chi connectivity index (χ2v) is 8.00. The number of aromatic nitrogens is 2. The van der Waals surface area contributed by atoms with E-state index in [1.165, 1.54) is 0 Å². The molecule has 160 valence electrons. The van der Waals surface area contributed by atoms with Gasteiger partial charge in [-0.2, -0.15) is 0 Å². The molecule has 0 radical (unpaired) electrons. The summed E-state index contributed by atoms with van der Waals surface area (Å²) >= 11 is 15.8. The summed E-state index contributed by atoms with van der Waals surface area (Å²) in [6.07, 6.45) is 1.79. The minimum atomic E-state index is 0. The van der Waals surface area contributed by atoms with Gasteiger partial charge in [0.25, 0.3) is 0 Å². The molecule has 0 unspecified atom stereocenters. The number of benzene rings is 3. The summed E-state index contributed by atoms with van der Waals surface area (Å²) in [5.41, 5.74) is 2.43. The third kappa shape index (κ3) is 5.99. The molecule has 0 fully saturated rings. The Bertz CT molecular complexity index is 1170. The molecular formula is C22H17BrCl3N3O2. The van der Waals surface area contributed by atoms with Crippen LogP contribution in [0.3, 0.4) is 0 Å². The smallest absolute Gasteiger partial charge is 0.227 e. The van der Waals surface area contributed by atoms with E-state index < -0.39 is 0 Å². The van der Waals surface area contributed by atoms with Gasteiger partial charge in [-0.3, -0.25) is 0 Å². The van der Waals surface area contributed by atoms with Crippen LogP contribution in [0.5, 0.6) is 5.75 Å². The van der Waals surface area contributed by atoms with Crippen LogP contribution >= 0.6 is 51.5 Å². The lowest BCUT2D eigenvalue weighted by Gasteiger charge is -2.12. The molecule has 4 rings (SSSR count). The number of nitrogens with zero attached hydrogens (tertiary/aromatic N) is 2. The second-order valence-electron chi connectivity index (χ2n) is 6.33. The van der Waals surface area contributed by atoms with E-state index in [2.05, 4.69) is 31.2 Å². The summed E-state index contributed by atoms with van der Waals surface area (Å²) in [5.74, 6) is 1.17. The topological polar surface area (TPSA) is 56.3 Å². The highest BCUT2D eigenvalue weighted by atomic mass is 79.9. The van der Waals surface area contributed by atoms with Crippen molar-refractivity contribution in [3.63, 3.8) is 0 Å². The molecule has 1 aromatic heterocycles. The van der Waals surface area contributed by atoms with Crippen LogP contribution in [0.4, 0.5) is 11.6 Å². The van der Waals surface area contributed by atoms with E-state index in [1.54, 1.807) is 24.4 Å². The van der Waals surface area contributed by atoms with Gasteiger partial charge in [0, 0.05) is 31.7 Å². The molecule has 0 aliphatic carbocycles. The third-order valence-corrected chi connectivity index (χ3v) is 5.66. The molecule has 0 bridgehead atoms. The van der Waals surface area contributed by atoms with E-state index in [0.717, 1.165) is 26.6 Å². The fourth-order valence-electron chi connectivity index (χ4n) is 2.76. The number of ether oxygens (including phenoxy) is 2. The lowest BCUT2D eigenvalue weighted by atomic mass is 10.2. The number of hydrogen-bond acceptors (Lipinski definition) is 5. The molecule has 31 heavy (non-hydrogen) atoms. The van der Waals surface area contributed by atoms with Crippen molar-refractivity contribution in [2.75, 3.05) is 12.1 Å². The highest BCUT2D eigenvalue weighted by molar-refractivity contribution is 9.10. The molecule has 1 heterocycles. The Balaban J connectivity index is 0.00000272. The SMILES string of the molecule is Cl.Clc1cccc(Cl)c1COCOc1ccc(Nc2ncc3ccccc3n2)c(Br)c1. The Hall–Kier alpha value is -2.09. The Morgan fingerprint density at radius 2 is 1.74 bits per heavy atom. The van der Waals surface area contributed by atoms with Crippen LogP contribution in [0.2, 0.25) is 10.0 Å². The fourth-order valence-corrected chi connectivity index (χ4v) is 3.73. The number of rotatable bonds is 7. The number of fused-ring (bicyclic) bond motifs is 1. The molecule has 0 atom stereocenters. The summed E-state index contributed by atoms with van der Waals surface area (Å²) < 4.78 is 12.0. The summed E-state index contributed by atoms with van der Waals surface area (Å²) in [6.45, 7) is 0.327. The molecule has 0 saturated carbocycles. The van der Waals surface area contributed by atoms with Crippen LogP contribution in [0, 0.1) is 0 Å². The average molecular weight is 542 g/mol. The van der Waals surface area contributed by atoms with E-state index in [-0.39, 0.29) is 25.8 Å². The third-order valence-electron chi connectivity index (χ3n) is 4.29. The molecule has 0 amide bonds. The van der Waals surface area contributed by atoms with Gasteiger partial charge in [-0.15, -0.1) is 12.4 Å². The van der Waals surface area contributed by atoms with E-state index in [9.17, 15) is 0 Å². The van der Waals surface area contributed by atoms with Crippen LogP contribution in [-0.4, -0.2) is 16.8 Å². The van der Waals surface area contributed by atoms with Gasteiger partial charge in [-0.05, 0) is 52.3 Å². The van der Waals surface area contributed by atoms with Crippen molar-refractivity contribution in [1.82, 2.24) is 9.97 Å². The summed E-state index contributed by atoms with van der Waals surface area (Å²) in [6, 6.07) is 18.7. The number of halogens is 4. The number of para-hydroxylation sites is 1. The van der Waals surface area contributed by atoms with Gasteiger partial charge in [0.05, 0.1) is 17.8 Å². The standard InChI is InChI=1S/C22H16BrCl2N3O2.ClH/c23-17-10-15(30-13-29-12-16-18(24)5-3-6-19(16)25)8-9-21(17)28-22-26-11-14-4-1-2-7-20(14)27-22;/h1-11H,12-13H2,(H,26,27,28);1H. The minimum absolute atomic E-state index is 0. The van der Waals surface area contributed by atoms with Crippen LogP contribution in [0.25, 0.3) is 10.9 Å². The molecule has 0 aliphatic heterocycles. The van der Waals surface area contributed by atoms with Crippen molar-refractivity contribution in [1.29, 1.82) is 0 Å². The van der Waals surface area contributed by atoms with Gasteiger partial charge in [-0.25, -0.2) is 9.97 Å². The van der Waals surface area contributed by atoms with Crippen LogP contribution in [-0.2, 0) is 11.3 Å². The van der Waals surface area contributed by atoms with Gasteiger partial charge in [0.2, 0.25) is 5.95 Å². The minimum Gasteiger partial charge on any atom is -0.468 e. The second kappa shape index (κ2) is 11.0. The molecule has 0 spiro atoms. The maximum absolute atomic E-state index is 6.13. The van der Waals surface area contributed by atoms with Crippen molar-refractivity contribution in [3.8, 4) is 5.75 Å². The maximum atomic E-state index is 6.13. The van der Waals surface area contributed by atoms with E-state index in [0.29, 0.717) is 21.7 Å². The lowest BCUT2D eigenvalue weighted by molar-refractivity contribution is 0.00509. The molecule has 1 N–H and O–H groups in total. The highest BCUT2D eigenvalue weighted by Gasteiger charge is 2.07. The molecule has 3 aromatic carbocycles. The van der Waals surface area contributed by atoms with Crippen molar-refractivity contribution >= 4 is 74.1 Å². The van der Waals surface area contributed by atoms with Gasteiger partial charge < -0.3 is 14.8 Å². The van der Waals surface area contributed by atoms with Gasteiger partial charge >= 0.3 is 0 Å². The molecule has 5 nitrogen and oxygen atoms in total. The fraction of sp³-hybridized carbons (Fsp3) is 0.0909. The van der Waals surface area contributed by atoms with Crippen LogP contribution in [0.1, 0.15) is 5.56 Å². The number of nitrogens with one attached hydrogen (secondary N) is 1. The predicted molar refractivity (Wildman–Crippen MR) is 131 cm³/mol. The highest BCUT2D eigenvalue weighted by Crippen LogP contribution is 2.29. The largest absolute Gasteiger partial charge is 0.468 e. The zero-order chi connectivity index (χ0) is 20.9. The average Bonchev–Trinajstić information content (AvgIpc) is 2.74. The summed E-state index contributed by atoms with van der Waals surface area (Å²) in [4.78, 5) is 8.88. The Morgan fingerprint density at radius 1 is 0.968 bits per heavy atom. The van der Waals surface area contributed by atoms with E-state index in [4.69, 9.17) is 32.7 Å². The Labute approximate surface area is 204 Å². The lowest BCUT2D eigenvalue weighted by Crippen LogP contribution is -2.04. The zero-order valence-electron chi connectivity index (χ0n) is 16.0. The predicted octanol–water partition coefficient (Wildman–Crippen LogP) is 7.42. The monoisotopic (exact) mass is 539 g/mol. The zero-order valence-corrected chi connectivity index (χ0v) is 19.9. The van der Waals surface area contributed by atoms with Crippen molar-refractivity contribution in [3.05, 3.63) is 86.9 Å². The molecule has 0 aliphatic rings.